The molecule has 0 radical (unpaired) electrons. The Bertz CT molecular complexity index is 2560. The molecular formula is C46H54N8O7S. The minimum atomic E-state index is -4.60. The van der Waals surface area contributed by atoms with E-state index in [-0.39, 0.29) is 28.5 Å². The molecule has 5 aromatic rings. The predicted molar refractivity (Wildman–Crippen MR) is 236 cm³/mol. The third-order valence-electron chi connectivity index (χ3n) is 13.5. The number of amides is 1. The van der Waals surface area contributed by atoms with Crippen molar-refractivity contribution in [2.45, 2.75) is 88.1 Å². The maximum absolute atomic E-state index is 13.9. The average molecular weight is 863 g/mol. The predicted octanol–water partition coefficient (Wildman–Crippen LogP) is 8.33. The quantitative estimate of drug-likeness (QED) is 0.0761. The van der Waals surface area contributed by atoms with Gasteiger partial charge >= 0.3 is 5.69 Å². The molecule has 15 nitrogen and oxygen atoms in total. The van der Waals surface area contributed by atoms with Gasteiger partial charge in [0.25, 0.3) is 15.9 Å². The number of nitrogens with one attached hydrogen (secondary N) is 3. The highest BCUT2D eigenvalue weighted by Gasteiger charge is 2.47. The van der Waals surface area contributed by atoms with Crippen LogP contribution in [0.3, 0.4) is 0 Å². The van der Waals surface area contributed by atoms with Crippen LogP contribution in [0.2, 0.25) is 0 Å². The number of likely N-dealkylation sites (tertiary alicyclic amines) is 1. The molecular weight excluding hydrogens is 809 g/mol. The molecule has 1 amide bonds. The van der Waals surface area contributed by atoms with E-state index >= 15 is 0 Å². The number of aromatic amines is 1. The number of hydrogen-bond acceptors (Lipinski definition) is 12. The number of rotatable bonds is 13. The second-order valence-corrected chi connectivity index (χ2v) is 19.5. The van der Waals surface area contributed by atoms with Crippen molar-refractivity contribution in [1.82, 2.24) is 24.6 Å². The fourth-order valence-corrected chi connectivity index (χ4v) is 11.0. The van der Waals surface area contributed by atoms with Crippen molar-refractivity contribution in [3.63, 3.8) is 0 Å². The lowest BCUT2D eigenvalue weighted by Crippen LogP contribution is -2.59. The molecule has 6 heterocycles. The van der Waals surface area contributed by atoms with Crippen LogP contribution >= 0.6 is 0 Å². The molecule has 0 unspecified atom stereocenters. The van der Waals surface area contributed by atoms with Gasteiger partial charge in [-0.25, -0.2) is 23.1 Å². The van der Waals surface area contributed by atoms with Crippen LogP contribution < -0.4 is 19.7 Å². The number of anilines is 2. The number of H-pyrrole nitrogens is 1. The summed E-state index contributed by atoms with van der Waals surface area (Å²) in [6.07, 6.45) is 13.0. The molecule has 1 aliphatic carbocycles. The first-order chi connectivity index (χ1) is 29.9. The summed E-state index contributed by atoms with van der Waals surface area (Å²) in [5.74, 6) is 0.245. The summed E-state index contributed by atoms with van der Waals surface area (Å²) < 4.78 is 41.1. The number of carbonyl (C=O) groups excluding carboxylic acids is 1. The summed E-state index contributed by atoms with van der Waals surface area (Å²) in [6, 6.07) is 19.7. The van der Waals surface area contributed by atoms with Gasteiger partial charge in [-0.3, -0.25) is 19.8 Å². The second-order valence-electron chi connectivity index (χ2n) is 17.8. The first kappa shape index (κ1) is 41.8. The third kappa shape index (κ3) is 8.59. The van der Waals surface area contributed by atoms with Gasteiger partial charge in [-0.05, 0) is 105 Å². The van der Waals surface area contributed by atoms with Gasteiger partial charge < -0.3 is 24.7 Å². The maximum Gasteiger partial charge on any atom is 0.312 e. The maximum atomic E-state index is 13.9. The van der Waals surface area contributed by atoms with Crippen LogP contribution in [-0.2, 0) is 14.8 Å². The van der Waals surface area contributed by atoms with Gasteiger partial charge in [0.05, 0.1) is 22.9 Å². The van der Waals surface area contributed by atoms with E-state index in [9.17, 15) is 23.3 Å². The van der Waals surface area contributed by atoms with Crippen LogP contribution in [-0.4, -0.2) is 84.5 Å². The highest BCUT2D eigenvalue weighted by molar-refractivity contribution is 7.90. The minimum Gasteiger partial charge on any atom is -0.455 e. The van der Waals surface area contributed by atoms with Crippen molar-refractivity contribution in [3.8, 4) is 11.5 Å². The van der Waals surface area contributed by atoms with Crippen LogP contribution in [0.5, 0.6) is 11.5 Å². The third-order valence-corrected chi connectivity index (χ3v) is 14.8. The summed E-state index contributed by atoms with van der Waals surface area (Å²) >= 11 is 0. The van der Waals surface area contributed by atoms with Crippen molar-refractivity contribution in [1.29, 1.82) is 0 Å². The Hall–Kier alpha value is -5.58. The molecule has 62 heavy (non-hydrogen) atoms. The van der Waals surface area contributed by atoms with Gasteiger partial charge in [-0.2, -0.15) is 0 Å². The zero-order valence-corrected chi connectivity index (χ0v) is 36.0. The van der Waals surface area contributed by atoms with Gasteiger partial charge in [0, 0.05) is 79.7 Å². The van der Waals surface area contributed by atoms with E-state index in [0.717, 1.165) is 68.7 Å². The number of nitro groups is 1. The molecule has 4 fully saturated rings. The Morgan fingerprint density at radius 2 is 1.81 bits per heavy atom. The molecule has 0 bridgehead atoms. The van der Waals surface area contributed by atoms with Crippen LogP contribution in [0, 0.1) is 21.4 Å². The molecule has 3 N–H and O–H groups in total. The Morgan fingerprint density at radius 1 is 1.02 bits per heavy atom. The van der Waals surface area contributed by atoms with E-state index in [4.69, 9.17) is 9.47 Å². The molecule has 16 heteroatoms. The Labute approximate surface area is 361 Å². The van der Waals surface area contributed by atoms with Crippen LogP contribution in [0.15, 0.2) is 84.1 Å². The highest BCUT2D eigenvalue weighted by Crippen LogP contribution is 2.49. The number of carbonyl (C=O) groups is 1. The minimum absolute atomic E-state index is 0.0290. The number of nitrogens with zero attached hydrogens (tertiary/aromatic N) is 5. The summed E-state index contributed by atoms with van der Waals surface area (Å²) in [5.41, 5.74) is 4.16. The number of ether oxygens (including phenoxy) is 2. The smallest absolute Gasteiger partial charge is 0.312 e. The zero-order valence-electron chi connectivity index (χ0n) is 35.2. The van der Waals surface area contributed by atoms with E-state index in [2.05, 4.69) is 72.9 Å². The van der Waals surface area contributed by atoms with E-state index in [0.29, 0.717) is 49.2 Å². The Kier molecular flexibility index (Phi) is 11.6. The molecule has 3 saturated heterocycles. The molecule has 1 saturated carbocycles. The monoisotopic (exact) mass is 862 g/mol. The summed E-state index contributed by atoms with van der Waals surface area (Å²) in [6.45, 7) is 9.13. The van der Waals surface area contributed by atoms with E-state index in [1.165, 1.54) is 43.0 Å². The second kappa shape index (κ2) is 17.3. The average Bonchev–Trinajstić information content (AvgIpc) is 3.95. The summed E-state index contributed by atoms with van der Waals surface area (Å²) in [4.78, 5) is 41.4. The van der Waals surface area contributed by atoms with Crippen LogP contribution in [0.1, 0.15) is 98.7 Å². The standard InChI is InChI=1S/C46H54N8O7S/c1-30(2)37-6-3-4-7-38(37)40-8-5-19-53(40)33-11-16-46(17-12-33)28-52(29-46)34-9-10-39(42(23-34)61-35-22-32-13-18-47-43(32)49-26-35)45(55)51-62(58,59)36-24-41(54(56)57)44(50-27-36)48-25-31-14-20-60-21-15-31/h3-4,6-7,9-10,13,18,22-24,26-27,30-31,33,40H,5,8,11-12,14-17,19-21,25,28-29H2,1-2H3,(H,47,49)(H,48,50)(H,51,55)/t40-/m0/s1. The lowest BCUT2D eigenvalue weighted by Gasteiger charge is -2.55. The number of sulfonamides is 1. The largest absolute Gasteiger partial charge is 0.455 e. The van der Waals surface area contributed by atoms with Crippen molar-refractivity contribution < 1.29 is 27.6 Å². The van der Waals surface area contributed by atoms with Crippen molar-refractivity contribution in [3.05, 3.63) is 106 Å². The Morgan fingerprint density at radius 3 is 2.58 bits per heavy atom. The van der Waals surface area contributed by atoms with Gasteiger partial charge in [0.1, 0.15) is 22.0 Å². The lowest BCUT2D eigenvalue weighted by atomic mass is 9.67. The van der Waals surface area contributed by atoms with E-state index in [1.54, 1.807) is 24.4 Å². The number of pyridine rings is 2. The molecule has 3 aromatic heterocycles. The number of benzene rings is 2. The fraction of sp³-hybridized carbons (Fsp3) is 0.457. The van der Waals surface area contributed by atoms with E-state index in [1.807, 2.05) is 12.1 Å². The molecule has 326 valence electrons. The van der Waals surface area contributed by atoms with Crippen molar-refractivity contribution in [2.75, 3.05) is 49.6 Å². The van der Waals surface area contributed by atoms with Crippen molar-refractivity contribution >= 4 is 44.2 Å². The summed E-state index contributed by atoms with van der Waals surface area (Å²) in [7, 11) is -4.60. The van der Waals surface area contributed by atoms with Crippen molar-refractivity contribution in [2.24, 2.45) is 11.3 Å². The number of fused-ring (bicyclic) bond motifs is 1. The first-order valence-corrected chi connectivity index (χ1v) is 23.3. The molecule has 4 aliphatic rings. The molecule has 2 aromatic carbocycles. The molecule has 1 atom stereocenters. The summed E-state index contributed by atoms with van der Waals surface area (Å²) in [5, 5.41) is 15.8. The Balaban J connectivity index is 0.902. The molecule has 9 rings (SSSR count). The molecule has 1 spiro atoms. The number of hydrogen-bond donors (Lipinski definition) is 3. The highest BCUT2D eigenvalue weighted by atomic mass is 32.2. The number of aromatic nitrogens is 3. The molecule has 3 aliphatic heterocycles. The fourth-order valence-electron chi connectivity index (χ4n) is 10.1. The van der Waals surface area contributed by atoms with Gasteiger partial charge in [-0.15, -0.1) is 0 Å². The van der Waals surface area contributed by atoms with Gasteiger partial charge in [-0.1, -0.05) is 38.1 Å². The van der Waals surface area contributed by atoms with Crippen LogP contribution in [0.4, 0.5) is 17.2 Å². The lowest BCUT2D eigenvalue weighted by molar-refractivity contribution is -0.384. The van der Waals surface area contributed by atoms with Gasteiger partial charge in [0.2, 0.25) is 5.82 Å². The normalized spacial score (nSPS) is 19.8. The first-order valence-electron chi connectivity index (χ1n) is 21.8. The van der Waals surface area contributed by atoms with Gasteiger partial charge in [0.15, 0.2) is 0 Å². The van der Waals surface area contributed by atoms with E-state index < -0.39 is 31.4 Å². The van der Waals surface area contributed by atoms with Crippen LogP contribution in [0.25, 0.3) is 11.0 Å². The topological polar surface area (TPSA) is 185 Å². The SMILES string of the molecule is CC(C)c1ccccc1[C@@H]1CCCN1C1CCC2(CC1)CN(c1ccc(C(=O)NS(=O)(=O)c3cnc(NCC4CCOCC4)c([N+](=O)[O-])c3)c(Oc3cnc4[nH]ccc4c3)c1)C2. The zero-order chi connectivity index (χ0) is 43.0.